The van der Waals surface area contributed by atoms with E-state index in [0.717, 1.165) is 23.0 Å². The second kappa shape index (κ2) is 17.4. The van der Waals surface area contributed by atoms with Crippen molar-refractivity contribution in [1.29, 1.82) is 0 Å². The predicted octanol–water partition coefficient (Wildman–Crippen LogP) is 6.39. The van der Waals surface area contributed by atoms with Gasteiger partial charge in [-0.25, -0.2) is 0 Å². The molecule has 0 heterocycles. The van der Waals surface area contributed by atoms with E-state index in [-0.39, 0.29) is 44.7 Å². The molecule has 2 aromatic carbocycles. The molecule has 0 unspecified atom stereocenters. The first kappa shape index (κ1) is 34.5. The molecule has 4 heteroatoms. The molecule has 0 bridgehead atoms. The van der Waals surface area contributed by atoms with E-state index in [9.17, 15) is 9.90 Å². The first-order valence-electron chi connectivity index (χ1n) is 13.1. The molecule has 0 saturated heterocycles. The van der Waals surface area contributed by atoms with Crippen LogP contribution in [-0.2, 0) is 49.4 Å². The van der Waals surface area contributed by atoms with Crippen molar-refractivity contribution in [2.75, 3.05) is 0 Å². The predicted molar refractivity (Wildman–Crippen MR) is 155 cm³/mol. The molecule has 0 aliphatic heterocycles. The van der Waals surface area contributed by atoms with Crippen molar-refractivity contribution >= 4 is 5.78 Å². The first-order chi connectivity index (χ1) is 19.2. The number of Topliss-reactive ketones (excluding diaryl/α,β-unsaturated/α-hetero) is 1. The molecule has 4 saturated carbocycles. The molecule has 4 fully saturated rings. The molecule has 20 radical (unpaired) electrons. The van der Waals surface area contributed by atoms with Gasteiger partial charge in [-0.1, -0.05) is 60.7 Å². The van der Waals surface area contributed by atoms with E-state index in [2.05, 4.69) is 0 Å². The largest absolute Gasteiger partial charge is 2.00 e. The fraction of sp³-hybridized carbons (Fsp3) is 0.0541. The maximum Gasteiger partial charge on any atom is 2.00 e. The molecule has 0 amide bonds. The van der Waals surface area contributed by atoms with E-state index in [1.807, 2.05) is 176 Å². The second-order valence-electron chi connectivity index (χ2n) is 9.37. The summed E-state index contributed by atoms with van der Waals surface area (Å²) in [7, 11) is 0. The minimum absolute atomic E-state index is 0. The molecule has 1 N–H and O–H groups in total. The first-order valence-corrected chi connectivity index (χ1v) is 13.1. The number of ketones is 1. The summed E-state index contributed by atoms with van der Waals surface area (Å²) >= 11 is 0. The van der Waals surface area contributed by atoms with Gasteiger partial charge in [-0.15, -0.1) is 0 Å². The zero-order valence-corrected chi connectivity index (χ0v) is 25.8. The Balaban J connectivity index is 0.000000325. The van der Waals surface area contributed by atoms with Gasteiger partial charge in [-0.05, 0) is 132 Å². The number of rotatable bonds is 4. The smallest absolute Gasteiger partial charge is 0.376 e. The van der Waals surface area contributed by atoms with Gasteiger partial charge < -0.3 is 5.11 Å². The van der Waals surface area contributed by atoms with Crippen LogP contribution in [0.25, 0.3) is 0 Å². The van der Waals surface area contributed by atoms with E-state index in [1.54, 1.807) is 0 Å². The summed E-state index contributed by atoms with van der Waals surface area (Å²) in [6.07, 6.45) is 35.7. The molecule has 41 heavy (non-hydrogen) atoms. The van der Waals surface area contributed by atoms with Crippen molar-refractivity contribution < 1.29 is 48.9 Å². The third-order valence-corrected chi connectivity index (χ3v) is 6.93. The molecule has 5 aliphatic rings. The van der Waals surface area contributed by atoms with E-state index in [4.69, 9.17) is 0 Å². The monoisotopic (exact) mass is 710 g/mol. The Hall–Kier alpha value is -0.943. The molecule has 202 valence electrons. The van der Waals surface area contributed by atoms with E-state index in [0.29, 0.717) is 11.1 Å². The third-order valence-electron chi connectivity index (χ3n) is 6.93. The Morgan fingerprint density at radius 2 is 0.902 bits per heavy atom. The molecule has 0 aromatic heterocycles. The van der Waals surface area contributed by atoms with Crippen LogP contribution in [-0.4, -0.2) is 10.9 Å². The molecule has 2 nitrogen and oxygen atoms in total. The van der Waals surface area contributed by atoms with Crippen LogP contribution in [0.3, 0.4) is 0 Å². The Morgan fingerprint density at radius 1 is 0.512 bits per heavy atom. The van der Waals surface area contributed by atoms with Gasteiger partial charge in [-0.2, -0.15) is 0 Å². The maximum absolute atomic E-state index is 13.9. The zero-order valence-electron chi connectivity index (χ0n) is 22.3. The summed E-state index contributed by atoms with van der Waals surface area (Å²) in [6, 6.07) is 19.1. The zero-order chi connectivity index (χ0) is 26.9. The van der Waals surface area contributed by atoms with Gasteiger partial charge in [0, 0.05) is 23.3 Å². The third kappa shape index (κ3) is 8.16. The van der Waals surface area contributed by atoms with Crippen molar-refractivity contribution in [2.45, 2.75) is 11.5 Å². The molecular formula is C37H30O2Ru2+4. The van der Waals surface area contributed by atoms with Crippen LogP contribution in [0, 0.1) is 127 Å². The number of carbonyl (C=O) groups is 1. The van der Waals surface area contributed by atoms with Crippen molar-refractivity contribution in [2.24, 2.45) is 0 Å². The fourth-order valence-electron chi connectivity index (χ4n) is 5.17. The van der Waals surface area contributed by atoms with E-state index in [1.165, 1.54) is 0 Å². The van der Waals surface area contributed by atoms with Crippen LogP contribution < -0.4 is 0 Å². The maximum atomic E-state index is 13.9. The number of benzene rings is 2. The summed E-state index contributed by atoms with van der Waals surface area (Å²) in [4.78, 5) is 13.9. The Morgan fingerprint density at radius 3 is 1.34 bits per heavy atom. The Labute approximate surface area is 275 Å². The molecule has 2 aromatic rings. The number of aliphatic hydroxyl groups is 1. The standard InChI is InChI=1S/C27H20O2.2C5H5.2Ru/c28-26-24(20-13-9-10-14-20)23(19-11-7-8-12-19)25(21-15-3-1-4-16-21)27(26,29)22-17-5-2-6-18-22;2*1-2-4-5-3-1;;/h1-18,25,29H;2*1-5H;;/q;;;2*+2/t25-,27-;;;;/m0..../s1. The summed E-state index contributed by atoms with van der Waals surface area (Å²) in [6.45, 7) is 0. The van der Waals surface area contributed by atoms with Crippen LogP contribution >= 0.6 is 0 Å². The molecular weight excluding hydrogens is 679 g/mol. The van der Waals surface area contributed by atoms with Crippen molar-refractivity contribution in [3.05, 3.63) is 210 Å². The van der Waals surface area contributed by atoms with Gasteiger partial charge in [0.25, 0.3) is 0 Å². The van der Waals surface area contributed by atoms with Gasteiger partial charge in [-0.3, -0.25) is 4.79 Å². The van der Waals surface area contributed by atoms with E-state index >= 15 is 0 Å². The molecule has 0 spiro atoms. The minimum atomic E-state index is -1.66. The average Bonchev–Trinajstić information content (AvgIpc) is 3.83. The van der Waals surface area contributed by atoms with Gasteiger partial charge in [0.05, 0.1) is 0 Å². The summed E-state index contributed by atoms with van der Waals surface area (Å²) < 4.78 is 0. The van der Waals surface area contributed by atoms with E-state index < -0.39 is 11.5 Å². The van der Waals surface area contributed by atoms with Gasteiger partial charge >= 0.3 is 39.0 Å². The average molecular weight is 709 g/mol. The normalized spacial score (nSPS) is 26.1. The number of hydrogen-bond donors (Lipinski definition) is 1. The second-order valence-corrected chi connectivity index (χ2v) is 9.37. The number of carbonyl (C=O) groups excluding carboxylic acids is 1. The van der Waals surface area contributed by atoms with Crippen molar-refractivity contribution in [1.82, 2.24) is 0 Å². The van der Waals surface area contributed by atoms with Crippen LogP contribution in [0.4, 0.5) is 0 Å². The van der Waals surface area contributed by atoms with Crippen molar-refractivity contribution in [3.63, 3.8) is 0 Å². The molecule has 7 rings (SSSR count). The minimum Gasteiger partial charge on any atom is -0.376 e. The van der Waals surface area contributed by atoms with Gasteiger partial charge in [0.15, 0.2) is 11.4 Å². The quantitative estimate of drug-likeness (QED) is 0.375. The van der Waals surface area contributed by atoms with Crippen LogP contribution in [0.1, 0.15) is 17.0 Å². The van der Waals surface area contributed by atoms with Crippen LogP contribution in [0.15, 0.2) is 71.8 Å². The Bertz CT molecular complexity index is 1040. The van der Waals surface area contributed by atoms with Crippen LogP contribution in [0.5, 0.6) is 0 Å². The molecule has 5 aliphatic carbocycles. The molecule has 2 atom stereocenters. The topological polar surface area (TPSA) is 37.3 Å². The number of hydrogen-bond acceptors (Lipinski definition) is 2. The summed E-state index contributed by atoms with van der Waals surface area (Å²) in [5, 5.41) is 12.1. The van der Waals surface area contributed by atoms with Gasteiger partial charge in [0.1, 0.15) is 0 Å². The van der Waals surface area contributed by atoms with Gasteiger partial charge in [0.2, 0.25) is 0 Å². The summed E-state index contributed by atoms with van der Waals surface area (Å²) in [5.41, 5.74) is 1.35. The van der Waals surface area contributed by atoms with Crippen molar-refractivity contribution in [3.8, 4) is 0 Å². The summed E-state index contributed by atoms with van der Waals surface area (Å²) in [5.74, 6) is 1.07. The van der Waals surface area contributed by atoms with Crippen LogP contribution in [0.2, 0.25) is 0 Å². The Kier molecular flexibility index (Phi) is 14.6. The SMILES string of the molecule is O=C1C([C]2[CH][CH][CH][CH]2)=C([C]2[CH][CH][CH][CH]2)[C@H](c2ccccc2)[C@@]1(O)c1ccccc1.[CH]1[CH][CH][CH][CH]1.[CH]1[CH][CH][CH][CH]1.[Ru+2].[Ru+2]. The fourth-order valence-corrected chi connectivity index (χ4v) is 5.17.